The zero-order chi connectivity index (χ0) is 21.0. The van der Waals surface area contributed by atoms with Crippen LogP contribution in [0, 0.1) is 11.8 Å². The molecule has 0 unspecified atom stereocenters. The Labute approximate surface area is 175 Å². The molecule has 29 heavy (non-hydrogen) atoms. The van der Waals surface area contributed by atoms with Crippen LogP contribution in [0.4, 0.5) is 4.39 Å². The van der Waals surface area contributed by atoms with Crippen molar-refractivity contribution in [1.82, 2.24) is 4.90 Å². The number of nitrogens with zero attached hydrogens (tertiary/aromatic N) is 1. The fraction of sp³-hybridized carbons (Fsp3) is 0.550. The summed E-state index contributed by atoms with van der Waals surface area (Å²) >= 11 is 6.20. The predicted molar refractivity (Wildman–Crippen MR) is 109 cm³/mol. The third-order valence-corrected chi connectivity index (χ3v) is 7.75. The van der Waals surface area contributed by atoms with Crippen molar-refractivity contribution in [3.63, 3.8) is 0 Å². The molecule has 6 nitrogen and oxygen atoms in total. The second-order valence-electron chi connectivity index (χ2n) is 7.68. The van der Waals surface area contributed by atoms with Gasteiger partial charge in [-0.1, -0.05) is 11.6 Å². The number of nitrogens with two attached hydrogens (primary N) is 1. The summed E-state index contributed by atoms with van der Waals surface area (Å²) in [7, 11) is -3.57. The number of rotatable bonds is 8. The monoisotopic (exact) mass is 444 g/mol. The lowest BCUT2D eigenvalue weighted by molar-refractivity contribution is -0.133. The predicted octanol–water partition coefficient (Wildman–Crippen LogP) is 2.95. The molecule has 0 radical (unpaired) electrons. The number of carbonyl (C=O) groups is 1. The normalized spacial score (nSPS) is 18.7. The van der Waals surface area contributed by atoms with Gasteiger partial charge in [0.1, 0.15) is 12.4 Å². The number of likely N-dealkylation sites (tertiary alicyclic amines) is 1. The standard InChI is InChI=1S/C20H26ClFN2O4S/c21-18-9-17(28-12-15(10-22)11-23)3-4-19(18)29(26,27)13-14-5-7-24(8-6-14)20(25)16-1-2-16/h3-4,9-10,14,16H,1-2,5-8,11-13,23H2/b15-10+. The first-order valence-corrected chi connectivity index (χ1v) is 11.8. The third kappa shape index (κ3) is 5.71. The second kappa shape index (κ2) is 9.45. The zero-order valence-corrected chi connectivity index (χ0v) is 17.7. The number of halogens is 2. The molecule has 0 bridgehead atoms. The van der Waals surface area contributed by atoms with E-state index in [0.29, 0.717) is 38.0 Å². The first-order valence-electron chi connectivity index (χ1n) is 9.76. The molecule has 0 aromatic heterocycles. The van der Waals surface area contributed by atoms with E-state index in [0.717, 1.165) is 12.8 Å². The highest BCUT2D eigenvalue weighted by molar-refractivity contribution is 7.91. The maximum absolute atomic E-state index is 12.8. The van der Waals surface area contributed by atoms with E-state index < -0.39 is 9.84 Å². The first kappa shape index (κ1) is 22.1. The fourth-order valence-corrected chi connectivity index (χ4v) is 5.73. The van der Waals surface area contributed by atoms with Crippen LogP contribution in [0.1, 0.15) is 25.7 Å². The summed E-state index contributed by atoms with van der Waals surface area (Å²) in [5.74, 6) is 0.743. The lowest BCUT2D eigenvalue weighted by atomic mass is 9.98. The van der Waals surface area contributed by atoms with E-state index in [1.165, 1.54) is 18.2 Å². The largest absolute Gasteiger partial charge is 0.489 e. The average Bonchev–Trinajstić information content (AvgIpc) is 3.54. The summed E-state index contributed by atoms with van der Waals surface area (Å²) in [6.07, 6.45) is 3.69. The molecule has 9 heteroatoms. The topological polar surface area (TPSA) is 89.7 Å². The number of carbonyl (C=O) groups excluding carboxylic acids is 1. The third-order valence-electron chi connectivity index (χ3n) is 5.39. The van der Waals surface area contributed by atoms with Gasteiger partial charge in [0.25, 0.3) is 0 Å². The van der Waals surface area contributed by atoms with Crippen molar-refractivity contribution in [1.29, 1.82) is 0 Å². The average molecular weight is 445 g/mol. The second-order valence-corrected chi connectivity index (χ2v) is 10.1. The molecular weight excluding hydrogens is 419 g/mol. The van der Waals surface area contributed by atoms with Gasteiger partial charge in [-0.05, 0) is 43.7 Å². The molecule has 1 amide bonds. The van der Waals surface area contributed by atoms with Gasteiger partial charge in [0.05, 0.1) is 22.0 Å². The van der Waals surface area contributed by atoms with Crippen LogP contribution in [0.2, 0.25) is 5.02 Å². The number of sulfone groups is 1. The Morgan fingerprint density at radius 2 is 1.97 bits per heavy atom. The van der Waals surface area contributed by atoms with Gasteiger partial charge in [0.2, 0.25) is 5.91 Å². The van der Waals surface area contributed by atoms with Crippen LogP contribution in [-0.4, -0.2) is 51.2 Å². The molecule has 3 rings (SSSR count). The highest BCUT2D eigenvalue weighted by atomic mass is 35.5. The molecule has 2 aliphatic rings. The molecule has 1 saturated carbocycles. The van der Waals surface area contributed by atoms with E-state index in [1.807, 2.05) is 4.90 Å². The van der Waals surface area contributed by atoms with Crippen LogP contribution in [0.3, 0.4) is 0 Å². The van der Waals surface area contributed by atoms with Crippen LogP contribution in [-0.2, 0) is 14.6 Å². The van der Waals surface area contributed by atoms with Crippen LogP contribution < -0.4 is 10.5 Å². The number of benzene rings is 1. The molecule has 0 atom stereocenters. The van der Waals surface area contributed by atoms with Gasteiger partial charge in [-0.3, -0.25) is 4.79 Å². The molecule has 1 aromatic rings. The minimum Gasteiger partial charge on any atom is -0.489 e. The Morgan fingerprint density at radius 3 is 2.52 bits per heavy atom. The molecule has 1 heterocycles. The number of hydrogen-bond donors (Lipinski definition) is 1. The summed E-state index contributed by atoms with van der Waals surface area (Å²) in [6.45, 7) is 1.22. The van der Waals surface area contributed by atoms with Gasteiger partial charge in [-0.25, -0.2) is 12.8 Å². The molecule has 1 saturated heterocycles. The minimum absolute atomic E-state index is 0.000291. The zero-order valence-electron chi connectivity index (χ0n) is 16.1. The lowest BCUT2D eigenvalue weighted by Crippen LogP contribution is -2.40. The van der Waals surface area contributed by atoms with Crippen molar-refractivity contribution >= 4 is 27.3 Å². The van der Waals surface area contributed by atoms with Gasteiger partial charge in [-0.2, -0.15) is 0 Å². The summed E-state index contributed by atoms with van der Waals surface area (Å²) in [5.41, 5.74) is 5.66. The Kier molecular flexibility index (Phi) is 7.19. The highest BCUT2D eigenvalue weighted by Gasteiger charge is 2.35. The Balaban J connectivity index is 1.58. The maximum atomic E-state index is 12.8. The smallest absolute Gasteiger partial charge is 0.225 e. The van der Waals surface area contributed by atoms with Gasteiger partial charge in [-0.15, -0.1) is 0 Å². The quantitative estimate of drug-likeness (QED) is 0.665. The van der Waals surface area contributed by atoms with E-state index in [4.69, 9.17) is 22.1 Å². The van der Waals surface area contributed by atoms with Crippen LogP contribution >= 0.6 is 11.6 Å². The van der Waals surface area contributed by atoms with Crippen molar-refractivity contribution in [2.45, 2.75) is 30.6 Å². The van der Waals surface area contributed by atoms with Crippen molar-refractivity contribution in [2.75, 3.05) is 32.0 Å². The molecule has 2 N–H and O–H groups in total. The Hall–Kier alpha value is -1.64. The Morgan fingerprint density at radius 1 is 1.28 bits per heavy atom. The van der Waals surface area contributed by atoms with Gasteiger partial charge in [0.15, 0.2) is 9.84 Å². The SMILES string of the molecule is NC/C(=C\F)COc1ccc(S(=O)(=O)CC2CCN(C(=O)C3CC3)CC2)c(Cl)c1. The molecule has 0 spiro atoms. The summed E-state index contributed by atoms with van der Waals surface area (Å²) in [5, 5.41) is 0.0716. The number of hydrogen-bond acceptors (Lipinski definition) is 5. The van der Waals surface area contributed by atoms with Gasteiger partial charge < -0.3 is 15.4 Å². The fourth-order valence-electron chi connectivity index (χ4n) is 3.44. The molecule has 1 aliphatic carbocycles. The van der Waals surface area contributed by atoms with Crippen molar-refractivity contribution in [3.05, 3.63) is 35.1 Å². The minimum atomic E-state index is -3.57. The highest BCUT2D eigenvalue weighted by Crippen LogP contribution is 2.33. The number of piperidine rings is 1. The molecule has 160 valence electrons. The number of amides is 1. The van der Waals surface area contributed by atoms with E-state index in [-0.39, 0.29) is 52.1 Å². The Bertz CT molecular complexity index is 878. The summed E-state index contributed by atoms with van der Waals surface area (Å²) in [4.78, 5) is 14.1. The summed E-state index contributed by atoms with van der Waals surface area (Å²) in [6, 6.07) is 4.33. The molecule has 2 fully saturated rings. The summed E-state index contributed by atoms with van der Waals surface area (Å²) < 4.78 is 43.6. The lowest BCUT2D eigenvalue weighted by Gasteiger charge is -2.32. The van der Waals surface area contributed by atoms with E-state index in [9.17, 15) is 17.6 Å². The van der Waals surface area contributed by atoms with E-state index in [2.05, 4.69) is 0 Å². The van der Waals surface area contributed by atoms with E-state index >= 15 is 0 Å². The maximum Gasteiger partial charge on any atom is 0.225 e. The van der Waals surface area contributed by atoms with Crippen molar-refractivity contribution in [2.24, 2.45) is 17.6 Å². The molecule has 1 aromatic carbocycles. The van der Waals surface area contributed by atoms with Crippen LogP contribution in [0.5, 0.6) is 5.75 Å². The first-order chi connectivity index (χ1) is 13.8. The van der Waals surface area contributed by atoms with Gasteiger partial charge >= 0.3 is 0 Å². The molecular formula is C20H26ClFN2O4S. The molecule has 1 aliphatic heterocycles. The van der Waals surface area contributed by atoms with Crippen LogP contribution in [0.25, 0.3) is 0 Å². The van der Waals surface area contributed by atoms with Crippen molar-refractivity contribution in [3.8, 4) is 5.75 Å². The van der Waals surface area contributed by atoms with E-state index in [1.54, 1.807) is 0 Å². The van der Waals surface area contributed by atoms with Crippen LogP contribution in [0.15, 0.2) is 35.0 Å². The number of ether oxygens (including phenoxy) is 1. The van der Waals surface area contributed by atoms with Gasteiger partial charge in [0, 0.05) is 37.2 Å². The van der Waals surface area contributed by atoms with Crippen molar-refractivity contribution < 1.29 is 22.3 Å².